The van der Waals surface area contributed by atoms with E-state index in [0.29, 0.717) is 6.61 Å². The molecule has 3 heteroatoms. The van der Waals surface area contributed by atoms with Crippen LogP contribution < -0.4 is 9.47 Å². The van der Waals surface area contributed by atoms with Gasteiger partial charge >= 0.3 is 0 Å². The van der Waals surface area contributed by atoms with Gasteiger partial charge in [0.15, 0.2) is 6.79 Å². The molecule has 0 heterocycles. The fourth-order valence-corrected chi connectivity index (χ4v) is 4.07. The van der Waals surface area contributed by atoms with E-state index in [-0.39, 0.29) is 17.6 Å². The van der Waals surface area contributed by atoms with Crippen LogP contribution in [0.15, 0.2) is 36.4 Å². The van der Waals surface area contributed by atoms with Gasteiger partial charge in [0, 0.05) is 18.2 Å². The van der Waals surface area contributed by atoms with E-state index in [0.717, 1.165) is 29.0 Å². The van der Waals surface area contributed by atoms with Crippen LogP contribution in [0.4, 0.5) is 0 Å². The molecule has 0 fully saturated rings. The lowest BCUT2D eigenvalue weighted by molar-refractivity contribution is 0.0515. The van der Waals surface area contributed by atoms with Crippen LogP contribution in [0.2, 0.25) is 0 Å². The molecule has 0 radical (unpaired) electrons. The minimum Gasteiger partial charge on any atom is -0.493 e. The molecule has 0 atom stereocenters. The van der Waals surface area contributed by atoms with Gasteiger partial charge in [0.05, 0.1) is 6.61 Å². The lowest BCUT2D eigenvalue weighted by Gasteiger charge is -2.42. The van der Waals surface area contributed by atoms with Crippen LogP contribution in [0.25, 0.3) is 11.1 Å². The number of benzene rings is 2. The van der Waals surface area contributed by atoms with Gasteiger partial charge in [-0.3, -0.25) is 0 Å². The van der Waals surface area contributed by atoms with Gasteiger partial charge in [-0.15, -0.1) is 0 Å². The predicted octanol–water partition coefficient (Wildman–Crippen LogP) is 6.47. The maximum Gasteiger partial charge on any atom is 0.188 e. The molecule has 0 saturated carbocycles. The second-order valence-electron chi connectivity index (χ2n) is 9.06. The molecule has 0 unspecified atom stereocenters. The summed E-state index contributed by atoms with van der Waals surface area (Å²) < 4.78 is 17.2. The summed E-state index contributed by atoms with van der Waals surface area (Å²) in [6.45, 7) is 12.5. The zero-order chi connectivity index (χ0) is 20.4. The molecule has 0 N–H and O–H groups in total. The maximum absolute atomic E-state index is 6.24. The fourth-order valence-electron chi connectivity index (χ4n) is 4.07. The molecule has 2 aromatic rings. The highest BCUT2D eigenvalue weighted by Crippen LogP contribution is 2.50. The van der Waals surface area contributed by atoms with Crippen molar-refractivity contribution in [3.63, 3.8) is 0 Å². The third-order valence-electron chi connectivity index (χ3n) is 5.92. The number of para-hydroxylation sites is 1. The zero-order valence-electron chi connectivity index (χ0n) is 18.2. The fraction of sp³-hybridized carbons (Fsp3) is 0.520. The van der Waals surface area contributed by atoms with Crippen molar-refractivity contribution < 1.29 is 14.2 Å². The van der Waals surface area contributed by atoms with Crippen molar-refractivity contribution in [3.8, 4) is 22.6 Å². The molecule has 152 valence electrons. The SMILES string of the molecule is CCCOc1cc2c(cc1-c1ccccc1OCOC)C(C)(C)CCC2(C)C. The second kappa shape index (κ2) is 8.16. The number of fused-ring (bicyclic) bond motifs is 1. The number of ether oxygens (including phenoxy) is 3. The summed E-state index contributed by atoms with van der Waals surface area (Å²) in [4.78, 5) is 0. The van der Waals surface area contributed by atoms with Crippen molar-refractivity contribution in [2.24, 2.45) is 0 Å². The highest BCUT2D eigenvalue weighted by atomic mass is 16.7. The Morgan fingerprint density at radius 2 is 1.46 bits per heavy atom. The van der Waals surface area contributed by atoms with Gasteiger partial charge < -0.3 is 14.2 Å². The second-order valence-corrected chi connectivity index (χ2v) is 9.06. The first-order chi connectivity index (χ1) is 13.3. The summed E-state index contributed by atoms with van der Waals surface area (Å²) in [6.07, 6.45) is 3.35. The van der Waals surface area contributed by atoms with Crippen molar-refractivity contribution in [2.75, 3.05) is 20.5 Å². The molecule has 0 amide bonds. The zero-order valence-corrected chi connectivity index (χ0v) is 18.2. The van der Waals surface area contributed by atoms with E-state index in [1.807, 2.05) is 18.2 Å². The molecule has 0 spiro atoms. The Kier molecular flexibility index (Phi) is 6.04. The van der Waals surface area contributed by atoms with Gasteiger partial charge in [0.2, 0.25) is 0 Å². The predicted molar refractivity (Wildman–Crippen MR) is 115 cm³/mol. The summed E-state index contributed by atoms with van der Waals surface area (Å²) in [6, 6.07) is 12.8. The molecular formula is C25H34O3. The van der Waals surface area contributed by atoms with E-state index in [1.54, 1.807) is 7.11 Å². The molecule has 1 aliphatic carbocycles. The van der Waals surface area contributed by atoms with Gasteiger partial charge in [-0.2, -0.15) is 0 Å². The average molecular weight is 383 g/mol. The summed E-state index contributed by atoms with van der Waals surface area (Å²) in [5.41, 5.74) is 5.28. The van der Waals surface area contributed by atoms with Gasteiger partial charge in [-0.25, -0.2) is 0 Å². The van der Waals surface area contributed by atoms with Crippen LogP contribution in [0.3, 0.4) is 0 Å². The standard InChI is InChI=1S/C25H34O3/c1-7-14-27-23-16-21-20(24(2,3)12-13-25(21,4)5)15-19(23)18-10-8-9-11-22(18)28-17-26-6/h8-11,15-16H,7,12-14,17H2,1-6H3. The van der Waals surface area contributed by atoms with Crippen molar-refractivity contribution in [1.82, 2.24) is 0 Å². The van der Waals surface area contributed by atoms with Gasteiger partial charge in [0.25, 0.3) is 0 Å². The molecule has 0 bridgehead atoms. The lowest BCUT2D eigenvalue weighted by Crippen LogP contribution is -2.34. The molecule has 2 aromatic carbocycles. The number of methoxy groups -OCH3 is 1. The van der Waals surface area contributed by atoms with Crippen LogP contribution in [-0.2, 0) is 15.6 Å². The monoisotopic (exact) mass is 382 g/mol. The number of rotatable bonds is 7. The molecule has 0 aliphatic heterocycles. The Bertz CT molecular complexity index is 821. The number of hydrogen-bond acceptors (Lipinski definition) is 3. The van der Waals surface area contributed by atoms with Crippen molar-refractivity contribution in [2.45, 2.75) is 64.7 Å². The summed E-state index contributed by atoms with van der Waals surface area (Å²) in [5, 5.41) is 0. The smallest absolute Gasteiger partial charge is 0.188 e. The summed E-state index contributed by atoms with van der Waals surface area (Å²) >= 11 is 0. The van der Waals surface area contributed by atoms with E-state index in [1.165, 1.54) is 24.0 Å². The van der Waals surface area contributed by atoms with Crippen molar-refractivity contribution >= 4 is 0 Å². The minimum atomic E-state index is 0.144. The van der Waals surface area contributed by atoms with E-state index < -0.39 is 0 Å². The maximum atomic E-state index is 6.24. The van der Waals surface area contributed by atoms with Crippen LogP contribution >= 0.6 is 0 Å². The Morgan fingerprint density at radius 1 is 0.821 bits per heavy atom. The first-order valence-electron chi connectivity index (χ1n) is 10.3. The normalized spacial score (nSPS) is 17.1. The average Bonchev–Trinajstić information content (AvgIpc) is 2.68. The first kappa shape index (κ1) is 20.7. The van der Waals surface area contributed by atoms with Crippen LogP contribution in [0.5, 0.6) is 11.5 Å². The molecule has 0 aromatic heterocycles. The van der Waals surface area contributed by atoms with E-state index in [4.69, 9.17) is 14.2 Å². The third-order valence-corrected chi connectivity index (χ3v) is 5.92. The molecule has 3 rings (SSSR count). The van der Waals surface area contributed by atoms with Crippen LogP contribution in [0.1, 0.15) is 65.0 Å². The van der Waals surface area contributed by atoms with Crippen molar-refractivity contribution in [3.05, 3.63) is 47.5 Å². The van der Waals surface area contributed by atoms with Crippen LogP contribution in [0, 0.1) is 0 Å². The van der Waals surface area contributed by atoms with E-state index in [2.05, 4.69) is 52.8 Å². The Balaban J connectivity index is 2.21. The molecular weight excluding hydrogens is 348 g/mol. The Labute approximate surface area is 170 Å². The van der Waals surface area contributed by atoms with Crippen LogP contribution in [-0.4, -0.2) is 20.5 Å². The molecule has 1 aliphatic rings. The van der Waals surface area contributed by atoms with Gasteiger partial charge in [-0.05, 0) is 59.4 Å². The molecule has 3 nitrogen and oxygen atoms in total. The summed E-state index contributed by atoms with van der Waals surface area (Å²) in [5.74, 6) is 1.76. The Hall–Kier alpha value is -2.00. The number of hydrogen-bond donors (Lipinski definition) is 0. The quantitative estimate of drug-likeness (QED) is 0.513. The highest BCUT2D eigenvalue weighted by molar-refractivity contribution is 5.78. The third kappa shape index (κ3) is 4.05. The van der Waals surface area contributed by atoms with Crippen molar-refractivity contribution in [1.29, 1.82) is 0 Å². The van der Waals surface area contributed by atoms with Gasteiger partial charge in [0.1, 0.15) is 11.5 Å². The summed E-state index contributed by atoms with van der Waals surface area (Å²) in [7, 11) is 1.64. The minimum absolute atomic E-state index is 0.144. The van der Waals surface area contributed by atoms with E-state index in [9.17, 15) is 0 Å². The highest BCUT2D eigenvalue weighted by Gasteiger charge is 2.38. The topological polar surface area (TPSA) is 27.7 Å². The van der Waals surface area contributed by atoms with Gasteiger partial charge in [-0.1, -0.05) is 52.8 Å². The molecule has 28 heavy (non-hydrogen) atoms. The van der Waals surface area contributed by atoms with E-state index >= 15 is 0 Å². The first-order valence-corrected chi connectivity index (χ1v) is 10.3. The largest absolute Gasteiger partial charge is 0.493 e. The molecule has 0 saturated heterocycles. The Morgan fingerprint density at radius 3 is 2.11 bits per heavy atom. The lowest BCUT2D eigenvalue weighted by atomic mass is 9.62.